The zero-order valence-corrected chi connectivity index (χ0v) is 19.1. The van der Waals surface area contributed by atoms with Gasteiger partial charge in [-0.3, -0.25) is 15.0 Å². The average molecular weight is 491 g/mol. The summed E-state index contributed by atoms with van der Waals surface area (Å²) >= 11 is 9.10. The van der Waals surface area contributed by atoms with Crippen LogP contribution in [0.1, 0.15) is 10.4 Å². The molecule has 0 aliphatic rings. The number of amides is 1. The third-order valence-electron chi connectivity index (χ3n) is 4.84. The molecule has 154 valence electrons. The molecular formula is C25H19BrN2O2S. The predicted molar refractivity (Wildman–Crippen MR) is 133 cm³/mol. The highest BCUT2D eigenvalue weighted by Crippen LogP contribution is 2.29. The van der Waals surface area contributed by atoms with Crippen molar-refractivity contribution in [3.05, 3.63) is 101 Å². The van der Waals surface area contributed by atoms with E-state index in [0.29, 0.717) is 20.9 Å². The van der Waals surface area contributed by atoms with Crippen molar-refractivity contribution >= 4 is 61.3 Å². The summed E-state index contributed by atoms with van der Waals surface area (Å²) in [5.41, 5.74) is 2.20. The number of nitrogens with zero attached hydrogens (tertiary/aromatic N) is 1. The number of hydrogen-bond acceptors (Lipinski definition) is 3. The van der Waals surface area contributed by atoms with Gasteiger partial charge in [0, 0.05) is 16.9 Å². The maximum atomic E-state index is 12.9. The Morgan fingerprint density at radius 3 is 2.29 bits per heavy atom. The van der Waals surface area contributed by atoms with Crippen LogP contribution in [0.3, 0.4) is 0 Å². The number of benzene rings is 4. The van der Waals surface area contributed by atoms with Crippen LogP contribution >= 0.6 is 28.1 Å². The van der Waals surface area contributed by atoms with Gasteiger partial charge >= 0.3 is 0 Å². The van der Waals surface area contributed by atoms with Crippen LogP contribution in [0.15, 0.2) is 95.5 Å². The molecule has 0 radical (unpaired) electrons. The molecule has 4 rings (SSSR count). The first-order chi connectivity index (χ1) is 15.1. The Hall–Kier alpha value is -3.22. The van der Waals surface area contributed by atoms with Crippen LogP contribution < -0.4 is 15.0 Å². The van der Waals surface area contributed by atoms with Crippen LogP contribution in [0.4, 0.5) is 11.4 Å². The third-order valence-corrected chi connectivity index (χ3v) is 5.75. The number of hydrogen-bond donors (Lipinski definition) is 1. The normalized spacial score (nSPS) is 10.5. The van der Waals surface area contributed by atoms with Crippen molar-refractivity contribution in [3.63, 3.8) is 0 Å². The SMILES string of the molecule is COc1ccc(C(=O)NC(=S)N(c2ccccc2)c2ccc3ccccc3c2)cc1Br. The van der Waals surface area contributed by atoms with Gasteiger partial charge in [-0.1, -0.05) is 48.5 Å². The summed E-state index contributed by atoms with van der Waals surface area (Å²) in [6.07, 6.45) is 0. The van der Waals surface area contributed by atoms with Gasteiger partial charge in [-0.15, -0.1) is 0 Å². The molecule has 4 aromatic rings. The standard InChI is InChI=1S/C25H19BrN2O2S/c1-30-23-14-12-19(16-22(23)26)24(29)27-25(31)28(20-9-3-2-4-10-20)21-13-11-17-7-5-6-8-18(17)15-21/h2-16H,1H3,(H,27,29,31). The molecule has 0 saturated carbocycles. The fraction of sp³-hybridized carbons (Fsp3) is 0.0400. The zero-order valence-electron chi connectivity index (χ0n) is 16.7. The molecule has 0 heterocycles. The third kappa shape index (κ3) is 4.60. The highest BCUT2D eigenvalue weighted by Gasteiger charge is 2.18. The number of anilines is 2. The number of para-hydroxylation sites is 1. The van der Waals surface area contributed by atoms with Gasteiger partial charge in [0.2, 0.25) is 0 Å². The molecule has 0 unspecified atom stereocenters. The van der Waals surface area contributed by atoms with Gasteiger partial charge in [0.05, 0.1) is 11.6 Å². The Balaban J connectivity index is 1.67. The number of halogens is 1. The first-order valence-corrected chi connectivity index (χ1v) is 10.8. The molecule has 0 spiro atoms. The van der Waals surface area contributed by atoms with Crippen molar-refractivity contribution in [3.8, 4) is 5.75 Å². The Morgan fingerprint density at radius 2 is 1.58 bits per heavy atom. The summed E-state index contributed by atoms with van der Waals surface area (Å²) in [7, 11) is 1.58. The number of rotatable bonds is 4. The molecule has 6 heteroatoms. The second-order valence-electron chi connectivity index (χ2n) is 6.81. The summed E-state index contributed by atoms with van der Waals surface area (Å²) in [5, 5.41) is 5.38. The molecule has 1 N–H and O–H groups in total. The van der Waals surface area contributed by atoms with Gasteiger partial charge in [-0.2, -0.15) is 0 Å². The van der Waals surface area contributed by atoms with Crippen molar-refractivity contribution in [2.24, 2.45) is 0 Å². The van der Waals surface area contributed by atoms with Crippen LogP contribution in [0.2, 0.25) is 0 Å². The predicted octanol–water partition coefficient (Wildman–Crippen LogP) is 6.46. The number of fused-ring (bicyclic) bond motifs is 1. The lowest BCUT2D eigenvalue weighted by molar-refractivity contribution is 0.0977. The first-order valence-electron chi connectivity index (χ1n) is 9.59. The van der Waals surface area contributed by atoms with Crippen molar-refractivity contribution in [2.45, 2.75) is 0 Å². The molecule has 0 saturated heterocycles. The highest BCUT2D eigenvalue weighted by molar-refractivity contribution is 9.10. The quantitative estimate of drug-likeness (QED) is 0.333. The van der Waals surface area contributed by atoms with Crippen LogP contribution in [-0.4, -0.2) is 18.1 Å². The Morgan fingerprint density at radius 1 is 0.871 bits per heavy atom. The number of carbonyl (C=O) groups excluding carboxylic acids is 1. The monoisotopic (exact) mass is 490 g/mol. The Kier molecular flexibility index (Phi) is 6.30. The number of thiocarbonyl (C=S) groups is 1. The van der Waals surface area contributed by atoms with E-state index in [2.05, 4.69) is 39.4 Å². The molecule has 0 atom stereocenters. The van der Waals surface area contributed by atoms with Crippen LogP contribution in [0.25, 0.3) is 10.8 Å². The van der Waals surface area contributed by atoms with E-state index in [4.69, 9.17) is 17.0 Å². The molecule has 0 aliphatic carbocycles. The Labute approximate surface area is 194 Å². The maximum absolute atomic E-state index is 12.9. The fourth-order valence-electron chi connectivity index (χ4n) is 3.31. The Bertz CT molecular complexity index is 1260. The first kappa shape index (κ1) is 21.0. The van der Waals surface area contributed by atoms with Gasteiger partial charge in [0.25, 0.3) is 5.91 Å². The van der Waals surface area contributed by atoms with Crippen molar-refractivity contribution in [1.29, 1.82) is 0 Å². The van der Waals surface area contributed by atoms with Gasteiger partial charge < -0.3 is 4.74 Å². The maximum Gasteiger partial charge on any atom is 0.257 e. The second-order valence-corrected chi connectivity index (χ2v) is 8.05. The summed E-state index contributed by atoms with van der Waals surface area (Å²) in [5.74, 6) is 0.358. The highest BCUT2D eigenvalue weighted by atomic mass is 79.9. The van der Waals surface area contributed by atoms with Gasteiger partial charge in [-0.05, 0) is 81.4 Å². The number of methoxy groups -OCH3 is 1. The van der Waals surface area contributed by atoms with E-state index in [9.17, 15) is 4.79 Å². The van der Waals surface area contributed by atoms with Gasteiger partial charge in [0.1, 0.15) is 5.75 Å². The lowest BCUT2D eigenvalue weighted by Crippen LogP contribution is -2.40. The lowest BCUT2D eigenvalue weighted by Gasteiger charge is -2.26. The topological polar surface area (TPSA) is 41.6 Å². The minimum absolute atomic E-state index is 0.290. The number of ether oxygens (including phenoxy) is 1. The van der Waals surface area contributed by atoms with Crippen molar-refractivity contribution in [2.75, 3.05) is 12.0 Å². The van der Waals surface area contributed by atoms with Crippen LogP contribution in [0, 0.1) is 0 Å². The molecule has 1 amide bonds. The van der Waals surface area contributed by atoms with Crippen LogP contribution in [0.5, 0.6) is 5.75 Å². The summed E-state index contributed by atoms with van der Waals surface area (Å²) < 4.78 is 5.93. The molecule has 4 nitrogen and oxygen atoms in total. The van der Waals surface area contributed by atoms with E-state index in [0.717, 1.165) is 22.1 Å². The van der Waals surface area contributed by atoms with E-state index in [-0.39, 0.29) is 5.91 Å². The average Bonchev–Trinajstić information content (AvgIpc) is 2.79. The fourth-order valence-corrected chi connectivity index (χ4v) is 4.15. The minimum atomic E-state index is -0.296. The number of carbonyl (C=O) groups is 1. The van der Waals surface area contributed by atoms with E-state index < -0.39 is 0 Å². The molecule has 0 aliphatic heterocycles. The van der Waals surface area contributed by atoms with Crippen molar-refractivity contribution in [1.82, 2.24) is 5.32 Å². The molecule has 0 bridgehead atoms. The number of nitrogens with one attached hydrogen (secondary N) is 1. The minimum Gasteiger partial charge on any atom is -0.496 e. The van der Waals surface area contributed by atoms with Gasteiger partial charge in [-0.25, -0.2) is 0 Å². The van der Waals surface area contributed by atoms with Crippen LogP contribution in [-0.2, 0) is 0 Å². The lowest BCUT2D eigenvalue weighted by atomic mass is 10.1. The molecule has 31 heavy (non-hydrogen) atoms. The largest absolute Gasteiger partial charge is 0.496 e. The van der Waals surface area contributed by atoms with Crippen molar-refractivity contribution < 1.29 is 9.53 Å². The van der Waals surface area contributed by atoms with E-state index >= 15 is 0 Å². The molecule has 0 aromatic heterocycles. The second kappa shape index (κ2) is 9.29. The molecule has 4 aromatic carbocycles. The van der Waals surface area contributed by atoms with E-state index in [1.807, 2.05) is 59.5 Å². The summed E-state index contributed by atoms with van der Waals surface area (Å²) in [6.45, 7) is 0. The van der Waals surface area contributed by atoms with E-state index in [1.165, 1.54) is 0 Å². The van der Waals surface area contributed by atoms with Gasteiger partial charge in [0.15, 0.2) is 5.11 Å². The molecule has 0 fully saturated rings. The summed E-state index contributed by atoms with van der Waals surface area (Å²) in [4.78, 5) is 14.8. The zero-order chi connectivity index (χ0) is 21.8. The molecular weight excluding hydrogens is 472 g/mol. The smallest absolute Gasteiger partial charge is 0.257 e. The van der Waals surface area contributed by atoms with E-state index in [1.54, 1.807) is 25.3 Å². The summed E-state index contributed by atoms with van der Waals surface area (Å²) in [6, 6.07) is 29.1.